The molecule has 3 atom stereocenters. The Morgan fingerprint density at radius 3 is 2.33 bits per heavy atom. The Balaban J connectivity index is 2.93. The molecule has 3 unspecified atom stereocenters. The number of amides is 2. The number of rotatable bonds is 3. The van der Waals surface area contributed by atoms with Crippen molar-refractivity contribution in [2.45, 2.75) is 60.0 Å². The second-order valence-corrected chi connectivity index (χ2v) is 6.46. The van der Waals surface area contributed by atoms with Crippen LogP contribution in [0, 0.1) is 11.3 Å². The van der Waals surface area contributed by atoms with Crippen molar-refractivity contribution in [2.24, 2.45) is 11.3 Å². The predicted octanol–water partition coefficient (Wildman–Crippen LogP) is 1.79. The Labute approximate surface area is 110 Å². The smallest absolute Gasteiger partial charge is 0.246 e. The van der Waals surface area contributed by atoms with Crippen LogP contribution in [-0.4, -0.2) is 35.3 Å². The number of hydrogen-bond donors (Lipinski definition) is 1. The summed E-state index contributed by atoms with van der Waals surface area (Å²) in [6.07, 6.45) is 1.01. The zero-order valence-corrected chi connectivity index (χ0v) is 12.4. The summed E-state index contributed by atoms with van der Waals surface area (Å²) in [4.78, 5) is 26.0. The summed E-state index contributed by atoms with van der Waals surface area (Å²) in [6, 6.07) is -0.302. The molecular formula is C14H26N2O2. The van der Waals surface area contributed by atoms with E-state index in [-0.39, 0.29) is 29.8 Å². The maximum absolute atomic E-state index is 12.5. The molecule has 0 aromatic carbocycles. The fraction of sp³-hybridized carbons (Fsp3) is 0.857. The second kappa shape index (κ2) is 5.29. The maximum atomic E-state index is 12.5. The molecule has 4 heteroatoms. The second-order valence-electron chi connectivity index (χ2n) is 6.46. The van der Waals surface area contributed by atoms with E-state index in [1.165, 1.54) is 0 Å². The maximum Gasteiger partial charge on any atom is 0.246 e. The van der Waals surface area contributed by atoms with Gasteiger partial charge in [0, 0.05) is 6.04 Å². The van der Waals surface area contributed by atoms with Crippen LogP contribution in [0.3, 0.4) is 0 Å². The molecule has 18 heavy (non-hydrogen) atoms. The molecule has 1 heterocycles. The molecule has 2 amide bonds. The normalized spacial score (nSPS) is 24.8. The van der Waals surface area contributed by atoms with Gasteiger partial charge in [-0.1, -0.05) is 41.0 Å². The minimum absolute atomic E-state index is 0.0508. The van der Waals surface area contributed by atoms with Crippen molar-refractivity contribution in [2.75, 3.05) is 6.54 Å². The van der Waals surface area contributed by atoms with Crippen molar-refractivity contribution in [3.05, 3.63) is 0 Å². The van der Waals surface area contributed by atoms with Crippen LogP contribution < -0.4 is 5.32 Å². The lowest BCUT2D eigenvalue weighted by Gasteiger charge is -2.42. The average Bonchev–Trinajstić information content (AvgIpc) is 2.28. The van der Waals surface area contributed by atoms with E-state index in [4.69, 9.17) is 0 Å². The van der Waals surface area contributed by atoms with E-state index in [0.29, 0.717) is 5.92 Å². The van der Waals surface area contributed by atoms with E-state index in [0.717, 1.165) is 6.42 Å². The molecule has 1 aliphatic rings. The minimum atomic E-state index is -0.412. The van der Waals surface area contributed by atoms with Gasteiger partial charge in [0.1, 0.15) is 6.04 Å². The lowest BCUT2D eigenvalue weighted by molar-refractivity contribution is -0.150. The molecule has 104 valence electrons. The standard InChI is InChI=1S/C14H26N2O2/c1-7-9(2)10(3)16-8-11(17)15-12(13(16)18)14(4,5)6/h9-10,12H,7-8H2,1-6H3,(H,15,17). The fourth-order valence-electron chi connectivity index (χ4n) is 2.25. The largest absolute Gasteiger partial charge is 0.342 e. The number of hydrogen-bond acceptors (Lipinski definition) is 2. The third-order valence-electron chi connectivity index (χ3n) is 3.97. The number of piperazine rings is 1. The first-order valence-electron chi connectivity index (χ1n) is 6.78. The molecule has 1 rings (SSSR count). The Morgan fingerprint density at radius 2 is 1.89 bits per heavy atom. The first-order valence-corrected chi connectivity index (χ1v) is 6.78. The Hall–Kier alpha value is -1.06. The molecule has 1 saturated heterocycles. The van der Waals surface area contributed by atoms with E-state index in [1.54, 1.807) is 4.90 Å². The molecule has 0 aromatic heterocycles. The summed E-state index contributed by atoms with van der Waals surface area (Å²) in [6.45, 7) is 12.4. The molecule has 0 spiro atoms. The van der Waals surface area contributed by atoms with Crippen LogP contribution in [0.25, 0.3) is 0 Å². The third-order valence-corrected chi connectivity index (χ3v) is 3.97. The van der Waals surface area contributed by atoms with Gasteiger partial charge < -0.3 is 10.2 Å². The summed E-state index contributed by atoms with van der Waals surface area (Å²) >= 11 is 0. The van der Waals surface area contributed by atoms with Gasteiger partial charge in [0.05, 0.1) is 6.54 Å². The Kier molecular flexibility index (Phi) is 4.41. The van der Waals surface area contributed by atoms with Crippen molar-refractivity contribution >= 4 is 11.8 Å². The highest BCUT2D eigenvalue weighted by Crippen LogP contribution is 2.26. The first kappa shape index (κ1) is 15.0. The summed E-state index contributed by atoms with van der Waals surface area (Å²) in [5.41, 5.74) is -0.249. The van der Waals surface area contributed by atoms with E-state index in [2.05, 4.69) is 19.2 Å². The molecule has 1 N–H and O–H groups in total. The number of nitrogens with zero attached hydrogens (tertiary/aromatic N) is 1. The van der Waals surface area contributed by atoms with Crippen LogP contribution >= 0.6 is 0 Å². The van der Waals surface area contributed by atoms with Gasteiger partial charge in [-0.3, -0.25) is 9.59 Å². The van der Waals surface area contributed by atoms with Gasteiger partial charge in [0.2, 0.25) is 11.8 Å². The van der Waals surface area contributed by atoms with Crippen molar-refractivity contribution in [1.29, 1.82) is 0 Å². The predicted molar refractivity (Wildman–Crippen MR) is 72.0 cm³/mol. The number of nitrogens with one attached hydrogen (secondary N) is 1. The third kappa shape index (κ3) is 3.03. The highest BCUT2D eigenvalue weighted by atomic mass is 16.2. The molecule has 4 nitrogen and oxygen atoms in total. The molecule has 1 fully saturated rings. The van der Waals surface area contributed by atoms with Crippen LogP contribution in [0.5, 0.6) is 0 Å². The summed E-state index contributed by atoms with van der Waals surface area (Å²) in [7, 11) is 0. The zero-order valence-electron chi connectivity index (χ0n) is 12.4. The van der Waals surface area contributed by atoms with Gasteiger partial charge in [0.25, 0.3) is 0 Å². The highest BCUT2D eigenvalue weighted by molar-refractivity contribution is 5.95. The van der Waals surface area contributed by atoms with Crippen LogP contribution in [0.15, 0.2) is 0 Å². The van der Waals surface area contributed by atoms with E-state index >= 15 is 0 Å². The zero-order chi connectivity index (χ0) is 14.1. The van der Waals surface area contributed by atoms with E-state index in [1.807, 2.05) is 27.7 Å². The number of carbonyl (C=O) groups is 2. The van der Waals surface area contributed by atoms with Crippen molar-refractivity contribution < 1.29 is 9.59 Å². The fourth-order valence-corrected chi connectivity index (χ4v) is 2.25. The van der Waals surface area contributed by atoms with Gasteiger partial charge in [-0.05, 0) is 18.3 Å². The van der Waals surface area contributed by atoms with Crippen LogP contribution in [0.4, 0.5) is 0 Å². The highest BCUT2D eigenvalue weighted by Gasteiger charge is 2.41. The minimum Gasteiger partial charge on any atom is -0.342 e. The van der Waals surface area contributed by atoms with Gasteiger partial charge in [-0.15, -0.1) is 0 Å². The SMILES string of the molecule is CCC(C)C(C)N1CC(=O)NC(C(C)(C)C)C1=O. The lowest BCUT2D eigenvalue weighted by atomic mass is 9.84. The summed E-state index contributed by atoms with van der Waals surface area (Å²) < 4.78 is 0. The van der Waals surface area contributed by atoms with Gasteiger partial charge in [-0.2, -0.15) is 0 Å². The van der Waals surface area contributed by atoms with Crippen molar-refractivity contribution in [1.82, 2.24) is 10.2 Å². The van der Waals surface area contributed by atoms with E-state index in [9.17, 15) is 9.59 Å². The Bertz CT molecular complexity index is 333. The summed E-state index contributed by atoms with van der Waals surface area (Å²) in [5, 5.41) is 2.82. The first-order chi connectivity index (χ1) is 8.18. The molecule has 0 radical (unpaired) electrons. The Morgan fingerprint density at radius 1 is 1.33 bits per heavy atom. The molecule has 1 aliphatic heterocycles. The molecule has 0 bridgehead atoms. The van der Waals surface area contributed by atoms with Crippen LogP contribution in [0.2, 0.25) is 0 Å². The van der Waals surface area contributed by atoms with Crippen LogP contribution in [0.1, 0.15) is 48.0 Å². The van der Waals surface area contributed by atoms with Crippen molar-refractivity contribution in [3.63, 3.8) is 0 Å². The molecule has 0 aliphatic carbocycles. The van der Waals surface area contributed by atoms with Crippen LogP contribution in [-0.2, 0) is 9.59 Å². The van der Waals surface area contributed by atoms with Gasteiger partial charge in [-0.25, -0.2) is 0 Å². The molecule has 0 aromatic rings. The lowest BCUT2D eigenvalue weighted by Crippen LogP contribution is -2.64. The average molecular weight is 254 g/mol. The van der Waals surface area contributed by atoms with Gasteiger partial charge >= 0.3 is 0 Å². The number of carbonyl (C=O) groups excluding carboxylic acids is 2. The van der Waals surface area contributed by atoms with Gasteiger partial charge in [0.15, 0.2) is 0 Å². The summed E-state index contributed by atoms with van der Waals surface area (Å²) in [5.74, 6) is 0.403. The van der Waals surface area contributed by atoms with E-state index < -0.39 is 6.04 Å². The topological polar surface area (TPSA) is 49.4 Å². The van der Waals surface area contributed by atoms with Crippen molar-refractivity contribution in [3.8, 4) is 0 Å². The molecule has 0 saturated carbocycles. The monoisotopic (exact) mass is 254 g/mol. The quantitative estimate of drug-likeness (QED) is 0.835. The molecular weight excluding hydrogens is 228 g/mol.